The lowest BCUT2D eigenvalue weighted by Gasteiger charge is -2.28. The van der Waals surface area contributed by atoms with Gasteiger partial charge in [0.05, 0.1) is 5.70 Å². The minimum atomic E-state index is -4.93. The Morgan fingerprint density at radius 1 is 1.09 bits per heavy atom. The Labute approximate surface area is 188 Å². The van der Waals surface area contributed by atoms with Crippen LogP contribution >= 0.6 is 23.2 Å². The molecule has 3 rings (SSSR count). The lowest BCUT2D eigenvalue weighted by atomic mass is 9.91. The molecule has 0 saturated heterocycles. The standard InChI is InChI=1S/C20H14Cl2F6N2O2/c1-10-14(3-2-4-15(10)29-17(31)9-19(23,24)25)16-8-18(32-30-16,20(26,27)28)11-5-12(21)7-13(22)6-11/h2-8,30H,9H2,1H3,(H,29,31). The number of benzene rings is 2. The van der Waals surface area contributed by atoms with Crippen molar-refractivity contribution < 1.29 is 36.0 Å². The zero-order valence-electron chi connectivity index (χ0n) is 16.1. The molecule has 2 N–H and O–H groups in total. The Kier molecular flexibility index (Phi) is 6.43. The molecule has 0 radical (unpaired) electrons. The molecule has 32 heavy (non-hydrogen) atoms. The van der Waals surface area contributed by atoms with Crippen molar-refractivity contribution in [2.24, 2.45) is 0 Å². The van der Waals surface area contributed by atoms with Gasteiger partial charge < -0.3 is 5.32 Å². The molecule has 2 aromatic carbocycles. The summed E-state index contributed by atoms with van der Waals surface area (Å²) in [7, 11) is 0. The van der Waals surface area contributed by atoms with E-state index in [0.717, 1.165) is 18.2 Å². The van der Waals surface area contributed by atoms with Crippen LogP contribution in [0, 0.1) is 6.92 Å². The molecule has 0 fully saturated rings. The summed E-state index contributed by atoms with van der Waals surface area (Å²) in [5, 5.41) is 2.05. The van der Waals surface area contributed by atoms with Crippen LogP contribution < -0.4 is 10.8 Å². The minimum absolute atomic E-state index is 0.00904. The summed E-state index contributed by atoms with van der Waals surface area (Å²) in [6, 6.07) is 7.51. The third-order valence-electron chi connectivity index (χ3n) is 4.64. The molecule has 1 aliphatic heterocycles. The van der Waals surface area contributed by atoms with E-state index in [-0.39, 0.29) is 38.1 Å². The number of hydrogen-bond donors (Lipinski definition) is 2. The predicted octanol–water partition coefficient (Wildman–Crippen LogP) is 6.53. The van der Waals surface area contributed by atoms with E-state index in [1.54, 1.807) is 0 Å². The number of amides is 1. The lowest BCUT2D eigenvalue weighted by molar-refractivity contribution is -0.269. The molecule has 4 nitrogen and oxygen atoms in total. The molecule has 0 saturated carbocycles. The van der Waals surface area contributed by atoms with Crippen LogP contribution in [0.3, 0.4) is 0 Å². The normalized spacial score (nSPS) is 18.8. The summed E-state index contributed by atoms with van der Waals surface area (Å²) in [5.41, 5.74) is -0.775. The zero-order valence-corrected chi connectivity index (χ0v) is 17.6. The van der Waals surface area contributed by atoms with Crippen LogP contribution in [0.2, 0.25) is 10.0 Å². The van der Waals surface area contributed by atoms with Crippen molar-refractivity contribution >= 4 is 40.5 Å². The van der Waals surface area contributed by atoms with Crippen molar-refractivity contribution in [1.82, 2.24) is 5.48 Å². The van der Waals surface area contributed by atoms with Gasteiger partial charge in [-0.3, -0.25) is 15.1 Å². The largest absolute Gasteiger partial charge is 0.428 e. The van der Waals surface area contributed by atoms with E-state index in [4.69, 9.17) is 28.0 Å². The maximum Gasteiger partial charge on any atom is 0.428 e. The van der Waals surface area contributed by atoms with Crippen LogP contribution in [0.4, 0.5) is 32.0 Å². The van der Waals surface area contributed by atoms with Gasteiger partial charge in [-0.2, -0.15) is 26.3 Å². The van der Waals surface area contributed by atoms with Crippen LogP contribution in [-0.4, -0.2) is 18.3 Å². The Balaban J connectivity index is 2.02. The highest BCUT2D eigenvalue weighted by Crippen LogP contribution is 2.48. The molecule has 0 aromatic heterocycles. The number of hydroxylamine groups is 1. The van der Waals surface area contributed by atoms with E-state index in [0.29, 0.717) is 0 Å². The highest BCUT2D eigenvalue weighted by molar-refractivity contribution is 6.34. The number of nitrogens with one attached hydrogen (secondary N) is 2. The summed E-state index contributed by atoms with van der Waals surface area (Å²) in [6.45, 7) is 1.44. The molecule has 0 bridgehead atoms. The van der Waals surface area contributed by atoms with Gasteiger partial charge in [0.15, 0.2) is 0 Å². The summed E-state index contributed by atoms with van der Waals surface area (Å²) in [5.74, 6) is -1.31. The van der Waals surface area contributed by atoms with Crippen LogP contribution in [0.15, 0.2) is 42.5 Å². The maximum atomic E-state index is 14.1. The van der Waals surface area contributed by atoms with Crippen molar-refractivity contribution in [3.63, 3.8) is 0 Å². The average molecular weight is 499 g/mol. The lowest BCUT2D eigenvalue weighted by Crippen LogP contribution is -2.42. The third kappa shape index (κ3) is 4.97. The molecule has 0 spiro atoms. The fourth-order valence-corrected chi connectivity index (χ4v) is 3.71. The molecule has 2 aromatic rings. The van der Waals surface area contributed by atoms with E-state index in [1.807, 2.05) is 0 Å². The molecule has 1 aliphatic rings. The monoisotopic (exact) mass is 498 g/mol. The molecule has 1 amide bonds. The third-order valence-corrected chi connectivity index (χ3v) is 5.08. The van der Waals surface area contributed by atoms with Gasteiger partial charge in [0.25, 0.3) is 0 Å². The Morgan fingerprint density at radius 2 is 1.72 bits per heavy atom. The van der Waals surface area contributed by atoms with Crippen molar-refractivity contribution in [3.05, 3.63) is 69.2 Å². The molecule has 172 valence electrons. The van der Waals surface area contributed by atoms with E-state index in [2.05, 4.69) is 10.8 Å². The second-order valence-electron chi connectivity index (χ2n) is 6.97. The van der Waals surface area contributed by atoms with Crippen LogP contribution in [0.25, 0.3) is 5.70 Å². The van der Waals surface area contributed by atoms with Gasteiger partial charge in [-0.15, -0.1) is 0 Å². The quantitative estimate of drug-likeness (QED) is 0.471. The highest BCUT2D eigenvalue weighted by atomic mass is 35.5. The van der Waals surface area contributed by atoms with Gasteiger partial charge in [-0.1, -0.05) is 35.3 Å². The van der Waals surface area contributed by atoms with Gasteiger partial charge in [-0.05, 0) is 42.8 Å². The first kappa shape index (κ1) is 24.2. The number of carbonyl (C=O) groups is 1. The van der Waals surface area contributed by atoms with Crippen molar-refractivity contribution in [2.45, 2.75) is 31.3 Å². The van der Waals surface area contributed by atoms with E-state index >= 15 is 0 Å². The minimum Gasteiger partial charge on any atom is -0.326 e. The van der Waals surface area contributed by atoms with Gasteiger partial charge in [0.2, 0.25) is 11.5 Å². The number of alkyl halides is 6. The fraction of sp³-hybridized carbons (Fsp3) is 0.250. The van der Waals surface area contributed by atoms with Gasteiger partial charge in [0, 0.05) is 26.9 Å². The van der Waals surface area contributed by atoms with Crippen LogP contribution in [-0.2, 0) is 15.2 Å². The predicted molar refractivity (Wildman–Crippen MR) is 107 cm³/mol. The van der Waals surface area contributed by atoms with Crippen molar-refractivity contribution in [3.8, 4) is 0 Å². The molecule has 1 atom stereocenters. The van der Waals surface area contributed by atoms with Crippen LogP contribution in [0.1, 0.15) is 23.1 Å². The van der Waals surface area contributed by atoms with Gasteiger partial charge >= 0.3 is 12.4 Å². The Hall–Kier alpha value is -2.43. The number of anilines is 1. The summed E-state index contributed by atoms with van der Waals surface area (Å²) in [6.07, 6.45) is -10.6. The average Bonchev–Trinajstić information content (AvgIpc) is 3.07. The van der Waals surface area contributed by atoms with E-state index in [1.165, 1.54) is 31.2 Å². The molecular formula is C20H14Cl2F6N2O2. The fourth-order valence-electron chi connectivity index (χ4n) is 3.18. The first-order chi connectivity index (χ1) is 14.7. The number of carbonyl (C=O) groups excluding carboxylic acids is 1. The number of halogens is 8. The van der Waals surface area contributed by atoms with E-state index < -0.39 is 30.3 Å². The maximum absolute atomic E-state index is 14.1. The number of hydrogen-bond acceptors (Lipinski definition) is 3. The summed E-state index contributed by atoms with van der Waals surface area (Å²) < 4.78 is 79.6. The molecule has 1 unspecified atom stereocenters. The molecule has 1 heterocycles. The van der Waals surface area contributed by atoms with Crippen molar-refractivity contribution in [2.75, 3.05) is 5.32 Å². The first-order valence-electron chi connectivity index (χ1n) is 8.88. The molecule has 0 aliphatic carbocycles. The van der Waals surface area contributed by atoms with E-state index in [9.17, 15) is 31.1 Å². The SMILES string of the molecule is Cc1c(NC(=O)CC(F)(F)F)cccc1C1=CC(c2cc(Cl)cc(Cl)c2)(C(F)(F)F)ON1. The topological polar surface area (TPSA) is 50.4 Å². The highest BCUT2D eigenvalue weighted by Gasteiger charge is 2.59. The van der Waals surface area contributed by atoms with Crippen molar-refractivity contribution in [1.29, 1.82) is 0 Å². The zero-order chi connectivity index (χ0) is 23.9. The first-order valence-corrected chi connectivity index (χ1v) is 9.64. The summed E-state index contributed by atoms with van der Waals surface area (Å²) in [4.78, 5) is 16.6. The second-order valence-corrected chi connectivity index (χ2v) is 7.84. The summed E-state index contributed by atoms with van der Waals surface area (Å²) >= 11 is 11.7. The Bertz CT molecular complexity index is 1060. The smallest absolute Gasteiger partial charge is 0.326 e. The van der Waals surface area contributed by atoms with Gasteiger partial charge in [-0.25, -0.2) is 0 Å². The van der Waals surface area contributed by atoms with Gasteiger partial charge in [0.1, 0.15) is 6.42 Å². The number of rotatable bonds is 4. The molecular weight excluding hydrogens is 485 g/mol. The second kappa shape index (κ2) is 8.49. The van der Waals surface area contributed by atoms with Crippen LogP contribution in [0.5, 0.6) is 0 Å². The Morgan fingerprint density at radius 3 is 2.28 bits per heavy atom. The molecule has 12 heteroatoms.